The molecule has 0 aromatic heterocycles. The highest BCUT2D eigenvalue weighted by atomic mass is 19.1. The van der Waals surface area contributed by atoms with Crippen molar-refractivity contribution in [1.82, 2.24) is 5.43 Å². The van der Waals surface area contributed by atoms with Gasteiger partial charge in [-0.3, -0.25) is 5.84 Å². The summed E-state index contributed by atoms with van der Waals surface area (Å²) in [6, 6.07) is 20.6. The molecule has 3 N–H and O–H groups in total. The third kappa shape index (κ3) is 2.41. The van der Waals surface area contributed by atoms with Gasteiger partial charge >= 0.3 is 0 Å². The lowest BCUT2D eigenvalue weighted by Crippen LogP contribution is -2.28. The summed E-state index contributed by atoms with van der Waals surface area (Å²) in [7, 11) is 0. The van der Waals surface area contributed by atoms with E-state index in [4.69, 9.17) is 5.84 Å². The second-order valence-electron chi connectivity index (χ2n) is 4.76. The molecule has 20 heavy (non-hydrogen) atoms. The molecular weight excluding hydrogens is 251 g/mol. The molecule has 0 aliphatic rings. The van der Waals surface area contributed by atoms with Gasteiger partial charge in [-0.15, -0.1) is 0 Å². The van der Waals surface area contributed by atoms with Crippen LogP contribution in [-0.2, 0) is 0 Å². The zero-order chi connectivity index (χ0) is 13.9. The normalized spacial score (nSPS) is 12.5. The van der Waals surface area contributed by atoms with Crippen molar-refractivity contribution in [2.24, 2.45) is 5.84 Å². The lowest BCUT2D eigenvalue weighted by molar-refractivity contribution is 0.616. The van der Waals surface area contributed by atoms with E-state index >= 15 is 0 Å². The van der Waals surface area contributed by atoms with Crippen LogP contribution in [-0.4, -0.2) is 0 Å². The van der Waals surface area contributed by atoms with Gasteiger partial charge < -0.3 is 0 Å². The summed E-state index contributed by atoms with van der Waals surface area (Å²) < 4.78 is 13.0. The zero-order valence-corrected chi connectivity index (χ0v) is 10.9. The summed E-state index contributed by atoms with van der Waals surface area (Å²) in [6.45, 7) is 0. The standard InChI is InChI=1S/C17H15FN2/c18-16-9-7-13(8-10-16)17(20-19)15-6-5-12-3-1-2-4-14(12)11-15/h1-11,17,20H,19H2. The molecule has 0 heterocycles. The van der Waals surface area contributed by atoms with E-state index in [0.29, 0.717) is 0 Å². The Labute approximate surface area is 117 Å². The molecule has 3 rings (SSSR count). The Morgan fingerprint density at radius 2 is 1.45 bits per heavy atom. The number of hydrogen-bond acceptors (Lipinski definition) is 2. The minimum Gasteiger partial charge on any atom is -0.271 e. The summed E-state index contributed by atoms with van der Waals surface area (Å²) in [4.78, 5) is 0. The van der Waals surface area contributed by atoms with Crippen molar-refractivity contribution < 1.29 is 4.39 Å². The lowest BCUT2D eigenvalue weighted by Gasteiger charge is -2.17. The fraction of sp³-hybridized carbons (Fsp3) is 0.0588. The number of fused-ring (bicyclic) bond motifs is 1. The van der Waals surface area contributed by atoms with E-state index in [9.17, 15) is 4.39 Å². The van der Waals surface area contributed by atoms with E-state index < -0.39 is 0 Å². The molecule has 100 valence electrons. The number of rotatable bonds is 3. The van der Waals surface area contributed by atoms with Crippen LogP contribution >= 0.6 is 0 Å². The summed E-state index contributed by atoms with van der Waals surface area (Å²) in [6.07, 6.45) is 0. The monoisotopic (exact) mass is 266 g/mol. The van der Waals surface area contributed by atoms with Gasteiger partial charge in [0, 0.05) is 0 Å². The van der Waals surface area contributed by atoms with E-state index in [1.54, 1.807) is 12.1 Å². The average Bonchev–Trinajstić information content (AvgIpc) is 2.50. The van der Waals surface area contributed by atoms with Gasteiger partial charge in [-0.1, -0.05) is 48.5 Å². The van der Waals surface area contributed by atoms with Gasteiger partial charge in [0.15, 0.2) is 0 Å². The Balaban J connectivity index is 2.04. The highest BCUT2D eigenvalue weighted by Gasteiger charge is 2.12. The maximum atomic E-state index is 13.0. The number of hydrogen-bond donors (Lipinski definition) is 2. The Kier molecular flexibility index (Phi) is 3.46. The van der Waals surface area contributed by atoms with Crippen LogP contribution in [0.4, 0.5) is 4.39 Å². The van der Waals surface area contributed by atoms with E-state index in [2.05, 4.69) is 29.7 Å². The first-order valence-corrected chi connectivity index (χ1v) is 6.48. The van der Waals surface area contributed by atoms with Crippen LogP contribution in [0.25, 0.3) is 10.8 Å². The fourth-order valence-electron chi connectivity index (χ4n) is 2.43. The van der Waals surface area contributed by atoms with Crippen LogP contribution in [0.1, 0.15) is 17.2 Å². The second-order valence-corrected chi connectivity index (χ2v) is 4.76. The Morgan fingerprint density at radius 1 is 0.800 bits per heavy atom. The highest BCUT2D eigenvalue weighted by Crippen LogP contribution is 2.25. The quantitative estimate of drug-likeness (QED) is 0.562. The summed E-state index contributed by atoms with van der Waals surface area (Å²) in [5.41, 5.74) is 4.78. The SMILES string of the molecule is NNC(c1ccc(F)cc1)c1ccc2ccccc2c1. The van der Waals surface area contributed by atoms with Crippen molar-refractivity contribution in [1.29, 1.82) is 0 Å². The predicted octanol–water partition coefficient (Wildman–Crippen LogP) is 3.53. The summed E-state index contributed by atoms with van der Waals surface area (Å²) >= 11 is 0. The van der Waals surface area contributed by atoms with Crippen molar-refractivity contribution >= 4 is 10.8 Å². The number of halogens is 1. The van der Waals surface area contributed by atoms with Gasteiger partial charge in [-0.05, 0) is 40.1 Å². The van der Waals surface area contributed by atoms with E-state index in [0.717, 1.165) is 16.5 Å². The molecular formula is C17H15FN2. The number of benzene rings is 3. The van der Waals surface area contributed by atoms with Crippen LogP contribution in [0.2, 0.25) is 0 Å². The molecule has 0 aliphatic heterocycles. The smallest absolute Gasteiger partial charge is 0.123 e. The summed E-state index contributed by atoms with van der Waals surface area (Å²) in [5, 5.41) is 2.35. The highest BCUT2D eigenvalue weighted by molar-refractivity contribution is 5.83. The molecule has 1 atom stereocenters. The predicted molar refractivity (Wildman–Crippen MR) is 79.5 cm³/mol. The van der Waals surface area contributed by atoms with Crippen LogP contribution in [0.3, 0.4) is 0 Å². The van der Waals surface area contributed by atoms with Gasteiger partial charge in [0.1, 0.15) is 5.82 Å². The minimum atomic E-state index is -0.247. The van der Waals surface area contributed by atoms with Crippen LogP contribution in [0.15, 0.2) is 66.7 Å². The molecule has 0 saturated heterocycles. The van der Waals surface area contributed by atoms with Crippen molar-refractivity contribution in [3.05, 3.63) is 83.7 Å². The maximum absolute atomic E-state index is 13.0. The molecule has 0 fully saturated rings. The first-order chi connectivity index (χ1) is 9.78. The van der Waals surface area contributed by atoms with Crippen LogP contribution in [0.5, 0.6) is 0 Å². The van der Waals surface area contributed by atoms with Crippen LogP contribution in [0, 0.1) is 5.82 Å². The van der Waals surface area contributed by atoms with Gasteiger partial charge in [0.05, 0.1) is 6.04 Å². The lowest BCUT2D eigenvalue weighted by atomic mass is 9.97. The Morgan fingerprint density at radius 3 is 2.15 bits per heavy atom. The van der Waals surface area contributed by atoms with E-state index in [1.807, 2.05) is 18.2 Å². The number of hydrazine groups is 1. The Hall–Kier alpha value is -2.23. The zero-order valence-electron chi connectivity index (χ0n) is 10.9. The van der Waals surface area contributed by atoms with Crippen molar-refractivity contribution in [2.75, 3.05) is 0 Å². The first-order valence-electron chi connectivity index (χ1n) is 6.48. The van der Waals surface area contributed by atoms with Gasteiger partial charge in [-0.25, -0.2) is 9.82 Å². The van der Waals surface area contributed by atoms with Gasteiger partial charge in [0.25, 0.3) is 0 Å². The molecule has 2 nitrogen and oxygen atoms in total. The molecule has 0 aliphatic carbocycles. The molecule has 3 heteroatoms. The molecule has 0 bridgehead atoms. The second kappa shape index (κ2) is 5.41. The topological polar surface area (TPSA) is 38.0 Å². The molecule has 1 unspecified atom stereocenters. The molecule has 0 amide bonds. The molecule has 3 aromatic rings. The van der Waals surface area contributed by atoms with E-state index in [-0.39, 0.29) is 11.9 Å². The summed E-state index contributed by atoms with van der Waals surface area (Å²) in [5.74, 6) is 5.43. The van der Waals surface area contributed by atoms with Gasteiger partial charge in [-0.2, -0.15) is 0 Å². The minimum absolute atomic E-state index is 0.153. The maximum Gasteiger partial charge on any atom is 0.123 e. The largest absolute Gasteiger partial charge is 0.271 e. The number of nitrogens with one attached hydrogen (secondary N) is 1. The molecule has 3 aromatic carbocycles. The van der Waals surface area contributed by atoms with E-state index in [1.165, 1.54) is 17.5 Å². The Bertz CT molecular complexity index is 722. The van der Waals surface area contributed by atoms with Crippen LogP contribution < -0.4 is 11.3 Å². The van der Waals surface area contributed by atoms with Crippen molar-refractivity contribution in [3.8, 4) is 0 Å². The third-order valence-corrected chi connectivity index (χ3v) is 3.48. The fourth-order valence-corrected chi connectivity index (χ4v) is 2.43. The molecule has 0 radical (unpaired) electrons. The molecule has 0 spiro atoms. The van der Waals surface area contributed by atoms with Crippen molar-refractivity contribution in [2.45, 2.75) is 6.04 Å². The first kappa shape index (κ1) is 12.8. The number of nitrogens with two attached hydrogens (primary N) is 1. The van der Waals surface area contributed by atoms with Crippen molar-refractivity contribution in [3.63, 3.8) is 0 Å². The average molecular weight is 266 g/mol. The molecule has 0 saturated carbocycles. The van der Waals surface area contributed by atoms with Gasteiger partial charge in [0.2, 0.25) is 0 Å². The third-order valence-electron chi connectivity index (χ3n) is 3.48.